The van der Waals surface area contributed by atoms with Gasteiger partial charge in [0.15, 0.2) is 5.78 Å². The Balaban J connectivity index is 2.17. The molecule has 1 heterocycles. The summed E-state index contributed by atoms with van der Waals surface area (Å²) >= 11 is 0. The molecule has 0 amide bonds. The molecule has 1 aromatic carbocycles. The summed E-state index contributed by atoms with van der Waals surface area (Å²) in [6.45, 7) is 7.62. The molecule has 1 aliphatic heterocycles. The number of hydrogen-bond donors (Lipinski definition) is 0. The predicted octanol–water partition coefficient (Wildman–Crippen LogP) is 4.05. The lowest BCUT2D eigenvalue weighted by Crippen LogP contribution is -2.34. The maximum atomic E-state index is 12.5. The molecule has 1 aliphatic carbocycles. The minimum atomic E-state index is -0.451. The molecule has 2 unspecified atom stereocenters. The lowest BCUT2D eigenvalue weighted by Gasteiger charge is -2.32. The number of Topliss-reactive ketones (excluding diaryl/α,β-unsaturated/α-hetero) is 1. The SMILES string of the molecule is CC(=O)C(C1=NC(C)(C)CC12C=CC(=O)C(C)=C2)c1ccccc1. The first-order valence-corrected chi connectivity index (χ1v) is 8.33. The van der Waals surface area contributed by atoms with Crippen LogP contribution < -0.4 is 0 Å². The van der Waals surface area contributed by atoms with Crippen molar-refractivity contribution < 1.29 is 9.59 Å². The molecule has 3 nitrogen and oxygen atoms in total. The molecule has 3 heteroatoms. The van der Waals surface area contributed by atoms with E-state index in [0.29, 0.717) is 0 Å². The zero-order valence-corrected chi connectivity index (χ0v) is 14.7. The zero-order valence-electron chi connectivity index (χ0n) is 14.7. The third kappa shape index (κ3) is 2.79. The normalized spacial score (nSPS) is 26.2. The molecule has 0 N–H and O–H groups in total. The van der Waals surface area contributed by atoms with Gasteiger partial charge in [0.25, 0.3) is 0 Å². The van der Waals surface area contributed by atoms with Gasteiger partial charge in [-0.3, -0.25) is 14.6 Å². The Morgan fingerprint density at radius 2 is 1.88 bits per heavy atom. The standard InChI is InChI=1S/C21H23NO2/c1-14-12-21(11-10-17(14)24)13-20(3,4)22-19(21)18(15(2)23)16-8-6-5-7-9-16/h5-12,18H,13H2,1-4H3. The second-order valence-electron chi connectivity index (χ2n) is 7.51. The van der Waals surface area contributed by atoms with E-state index >= 15 is 0 Å². The third-order valence-corrected chi connectivity index (χ3v) is 4.83. The van der Waals surface area contributed by atoms with Crippen molar-refractivity contribution in [3.8, 4) is 0 Å². The number of carbonyl (C=O) groups is 2. The van der Waals surface area contributed by atoms with Gasteiger partial charge in [-0.15, -0.1) is 0 Å². The van der Waals surface area contributed by atoms with Crippen LogP contribution in [-0.4, -0.2) is 22.8 Å². The Morgan fingerprint density at radius 3 is 2.46 bits per heavy atom. The maximum absolute atomic E-state index is 12.5. The number of rotatable bonds is 3. The monoisotopic (exact) mass is 321 g/mol. The maximum Gasteiger partial charge on any atom is 0.180 e. The van der Waals surface area contributed by atoms with E-state index in [1.807, 2.05) is 49.4 Å². The molecule has 0 saturated carbocycles. The van der Waals surface area contributed by atoms with Crippen LogP contribution in [0.3, 0.4) is 0 Å². The summed E-state index contributed by atoms with van der Waals surface area (Å²) in [4.78, 5) is 29.4. The highest BCUT2D eigenvalue weighted by atomic mass is 16.1. The summed E-state index contributed by atoms with van der Waals surface area (Å²) in [6.07, 6.45) is 6.35. The van der Waals surface area contributed by atoms with Gasteiger partial charge in [0.05, 0.1) is 11.5 Å². The highest BCUT2D eigenvalue weighted by Crippen LogP contribution is 2.48. The Morgan fingerprint density at radius 1 is 1.21 bits per heavy atom. The molecule has 1 spiro atoms. The van der Waals surface area contributed by atoms with Gasteiger partial charge >= 0.3 is 0 Å². The van der Waals surface area contributed by atoms with Gasteiger partial charge in [-0.1, -0.05) is 42.5 Å². The molecular formula is C21H23NO2. The minimum Gasteiger partial charge on any atom is -0.299 e. The summed E-state index contributed by atoms with van der Waals surface area (Å²) < 4.78 is 0. The van der Waals surface area contributed by atoms with Crippen molar-refractivity contribution in [2.45, 2.75) is 45.6 Å². The Hall–Kier alpha value is -2.29. The molecule has 0 aromatic heterocycles. The molecule has 0 fully saturated rings. The van der Waals surface area contributed by atoms with E-state index < -0.39 is 5.41 Å². The number of allylic oxidation sites excluding steroid dienone is 4. The fraction of sp³-hybridized carbons (Fsp3) is 0.381. The molecule has 0 bridgehead atoms. The van der Waals surface area contributed by atoms with Crippen LogP contribution in [0, 0.1) is 5.41 Å². The Labute approximate surface area is 143 Å². The number of carbonyl (C=O) groups excluding carboxylic acids is 2. The molecule has 2 atom stereocenters. The van der Waals surface area contributed by atoms with Crippen molar-refractivity contribution in [2.24, 2.45) is 10.4 Å². The average Bonchev–Trinajstić information content (AvgIpc) is 2.75. The van der Waals surface area contributed by atoms with Crippen molar-refractivity contribution in [1.29, 1.82) is 0 Å². The first kappa shape index (κ1) is 16.6. The number of hydrogen-bond acceptors (Lipinski definition) is 3. The molecule has 24 heavy (non-hydrogen) atoms. The first-order valence-electron chi connectivity index (χ1n) is 8.33. The van der Waals surface area contributed by atoms with Crippen LogP contribution in [0.5, 0.6) is 0 Å². The van der Waals surface area contributed by atoms with E-state index in [-0.39, 0.29) is 23.0 Å². The van der Waals surface area contributed by atoms with Crippen LogP contribution in [0.2, 0.25) is 0 Å². The van der Waals surface area contributed by atoms with E-state index in [4.69, 9.17) is 4.99 Å². The van der Waals surface area contributed by atoms with Crippen molar-refractivity contribution in [1.82, 2.24) is 0 Å². The summed E-state index contributed by atoms with van der Waals surface area (Å²) in [5, 5.41) is 0. The second-order valence-corrected chi connectivity index (χ2v) is 7.51. The summed E-state index contributed by atoms with van der Waals surface area (Å²) in [5.41, 5.74) is 1.82. The van der Waals surface area contributed by atoms with E-state index in [1.165, 1.54) is 0 Å². The third-order valence-electron chi connectivity index (χ3n) is 4.83. The van der Waals surface area contributed by atoms with Crippen LogP contribution in [0.4, 0.5) is 0 Å². The molecule has 0 saturated heterocycles. The molecule has 0 radical (unpaired) electrons. The Bertz CT molecular complexity index is 783. The van der Waals surface area contributed by atoms with Crippen molar-refractivity contribution >= 4 is 17.3 Å². The smallest absolute Gasteiger partial charge is 0.180 e. The van der Waals surface area contributed by atoms with Gasteiger partial charge < -0.3 is 0 Å². The zero-order chi connectivity index (χ0) is 17.5. The van der Waals surface area contributed by atoms with Gasteiger partial charge in [0.2, 0.25) is 0 Å². The lowest BCUT2D eigenvalue weighted by molar-refractivity contribution is -0.117. The molecule has 3 rings (SSSR count). The fourth-order valence-electron chi connectivity index (χ4n) is 3.97. The quantitative estimate of drug-likeness (QED) is 0.843. The molecule has 1 aromatic rings. The number of nitrogens with zero attached hydrogens (tertiary/aromatic N) is 1. The second kappa shape index (κ2) is 5.66. The van der Waals surface area contributed by atoms with Gasteiger partial charge in [-0.05, 0) is 51.3 Å². The summed E-state index contributed by atoms with van der Waals surface area (Å²) in [5.74, 6) is -0.271. The van der Waals surface area contributed by atoms with Crippen molar-refractivity contribution in [3.05, 3.63) is 59.7 Å². The van der Waals surface area contributed by atoms with E-state index in [0.717, 1.165) is 23.3 Å². The average molecular weight is 321 g/mol. The fourth-order valence-corrected chi connectivity index (χ4v) is 3.97. The summed E-state index contributed by atoms with van der Waals surface area (Å²) in [6, 6.07) is 9.78. The lowest BCUT2D eigenvalue weighted by atomic mass is 9.68. The van der Waals surface area contributed by atoms with Gasteiger partial charge in [-0.2, -0.15) is 0 Å². The summed E-state index contributed by atoms with van der Waals surface area (Å²) in [7, 11) is 0. The minimum absolute atomic E-state index is 0.0313. The highest BCUT2D eigenvalue weighted by molar-refractivity contribution is 6.16. The van der Waals surface area contributed by atoms with Crippen LogP contribution in [0.25, 0.3) is 0 Å². The largest absolute Gasteiger partial charge is 0.299 e. The van der Waals surface area contributed by atoms with E-state index in [1.54, 1.807) is 13.0 Å². The van der Waals surface area contributed by atoms with Crippen LogP contribution >= 0.6 is 0 Å². The van der Waals surface area contributed by atoms with Crippen LogP contribution in [-0.2, 0) is 9.59 Å². The Kier molecular flexibility index (Phi) is 3.90. The van der Waals surface area contributed by atoms with Crippen LogP contribution in [0.1, 0.15) is 45.6 Å². The number of aliphatic imine (C=N–C) groups is 1. The molecule has 124 valence electrons. The van der Waals surface area contributed by atoms with E-state index in [2.05, 4.69) is 13.8 Å². The van der Waals surface area contributed by atoms with Gasteiger partial charge in [-0.25, -0.2) is 0 Å². The number of ketones is 2. The van der Waals surface area contributed by atoms with E-state index in [9.17, 15) is 9.59 Å². The number of benzene rings is 1. The molecular weight excluding hydrogens is 298 g/mol. The topological polar surface area (TPSA) is 46.5 Å². The van der Waals surface area contributed by atoms with Crippen LogP contribution in [0.15, 0.2) is 59.1 Å². The van der Waals surface area contributed by atoms with Crippen molar-refractivity contribution in [2.75, 3.05) is 0 Å². The first-order chi connectivity index (χ1) is 11.2. The van der Waals surface area contributed by atoms with Gasteiger partial charge in [0.1, 0.15) is 5.78 Å². The van der Waals surface area contributed by atoms with Gasteiger partial charge in [0, 0.05) is 11.1 Å². The predicted molar refractivity (Wildman–Crippen MR) is 96.3 cm³/mol. The molecule has 2 aliphatic rings. The highest BCUT2D eigenvalue weighted by Gasteiger charge is 2.48. The van der Waals surface area contributed by atoms with Crippen molar-refractivity contribution in [3.63, 3.8) is 0 Å².